The van der Waals surface area contributed by atoms with Gasteiger partial charge >= 0.3 is 11.9 Å². The van der Waals surface area contributed by atoms with Gasteiger partial charge in [0.1, 0.15) is 0 Å². The minimum atomic E-state index is -1.10. The SMILES string of the molecule is NCCCCCCN.O=C(O)C=CC=CC(=O)O. The maximum Gasteiger partial charge on any atom is 0.328 e. The summed E-state index contributed by atoms with van der Waals surface area (Å²) in [6.45, 7) is 1.65. The molecule has 0 aromatic carbocycles. The summed E-state index contributed by atoms with van der Waals surface area (Å²) in [5.74, 6) is -2.20. The Bertz CT molecular complexity index is 247. The predicted octanol–water partition coefficient (Wildman–Crippen LogP) is 0.732. The minimum absolute atomic E-state index is 0.824. The van der Waals surface area contributed by atoms with Crippen molar-refractivity contribution in [1.29, 1.82) is 0 Å². The van der Waals surface area contributed by atoms with E-state index in [1.165, 1.54) is 12.8 Å². The Kier molecular flexibility index (Phi) is 15.9. The zero-order valence-electron chi connectivity index (χ0n) is 10.4. The molecule has 104 valence electrons. The number of hydrogen-bond donors (Lipinski definition) is 4. The summed E-state index contributed by atoms with van der Waals surface area (Å²) in [5, 5.41) is 16.0. The average molecular weight is 258 g/mol. The number of aliphatic carboxylic acids is 2. The van der Waals surface area contributed by atoms with Crippen LogP contribution in [-0.4, -0.2) is 35.2 Å². The first-order valence-corrected chi connectivity index (χ1v) is 5.75. The molecular weight excluding hydrogens is 236 g/mol. The molecule has 0 saturated heterocycles. The Labute approximate surface area is 107 Å². The molecular formula is C12H22N2O4. The lowest BCUT2D eigenvalue weighted by molar-refractivity contribution is -0.132. The summed E-state index contributed by atoms with van der Waals surface area (Å²) in [7, 11) is 0. The molecule has 0 aliphatic carbocycles. The van der Waals surface area contributed by atoms with E-state index in [1.54, 1.807) is 0 Å². The molecule has 0 aliphatic heterocycles. The van der Waals surface area contributed by atoms with Gasteiger partial charge in [0.05, 0.1) is 0 Å². The van der Waals surface area contributed by atoms with Gasteiger partial charge in [-0.2, -0.15) is 0 Å². The fourth-order valence-corrected chi connectivity index (χ4v) is 0.918. The second kappa shape index (κ2) is 15.3. The molecule has 0 unspecified atom stereocenters. The summed E-state index contributed by atoms with van der Waals surface area (Å²) < 4.78 is 0. The lowest BCUT2D eigenvalue weighted by Gasteiger charge is -1.94. The van der Waals surface area contributed by atoms with Gasteiger partial charge in [0, 0.05) is 12.2 Å². The molecule has 0 aromatic heterocycles. The molecule has 0 radical (unpaired) electrons. The fraction of sp³-hybridized carbons (Fsp3) is 0.500. The second-order valence-electron chi connectivity index (χ2n) is 3.39. The van der Waals surface area contributed by atoms with Gasteiger partial charge in [0.25, 0.3) is 0 Å². The van der Waals surface area contributed by atoms with Gasteiger partial charge in [-0.05, 0) is 25.9 Å². The zero-order valence-corrected chi connectivity index (χ0v) is 10.4. The van der Waals surface area contributed by atoms with Crippen LogP contribution in [0.2, 0.25) is 0 Å². The highest BCUT2D eigenvalue weighted by Gasteiger charge is 1.84. The third kappa shape index (κ3) is 23.9. The molecule has 0 spiro atoms. The van der Waals surface area contributed by atoms with Crippen molar-refractivity contribution >= 4 is 11.9 Å². The fourth-order valence-electron chi connectivity index (χ4n) is 0.918. The number of carboxylic acids is 2. The monoisotopic (exact) mass is 258 g/mol. The minimum Gasteiger partial charge on any atom is -0.478 e. The molecule has 6 N–H and O–H groups in total. The van der Waals surface area contributed by atoms with Crippen LogP contribution in [0.3, 0.4) is 0 Å². The van der Waals surface area contributed by atoms with Gasteiger partial charge in [-0.15, -0.1) is 0 Å². The third-order valence-corrected chi connectivity index (χ3v) is 1.75. The predicted molar refractivity (Wildman–Crippen MR) is 70.1 cm³/mol. The lowest BCUT2D eigenvalue weighted by atomic mass is 10.2. The Hall–Kier alpha value is -1.66. The van der Waals surface area contributed by atoms with Gasteiger partial charge in [0.15, 0.2) is 0 Å². The lowest BCUT2D eigenvalue weighted by Crippen LogP contribution is -2.00. The second-order valence-corrected chi connectivity index (χ2v) is 3.39. The Morgan fingerprint density at radius 1 is 0.778 bits per heavy atom. The third-order valence-electron chi connectivity index (χ3n) is 1.75. The molecule has 6 heteroatoms. The normalized spacial score (nSPS) is 10.3. The van der Waals surface area contributed by atoms with Crippen LogP contribution >= 0.6 is 0 Å². The number of nitrogens with two attached hydrogens (primary N) is 2. The molecule has 6 nitrogen and oxygen atoms in total. The topological polar surface area (TPSA) is 127 Å². The number of hydrogen-bond acceptors (Lipinski definition) is 4. The Morgan fingerprint density at radius 2 is 1.11 bits per heavy atom. The molecule has 0 saturated carbocycles. The summed E-state index contributed by atoms with van der Waals surface area (Å²) in [6.07, 6.45) is 8.76. The number of allylic oxidation sites excluding steroid dienone is 2. The van der Waals surface area contributed by atoms with Gasteiger partial charge in [-0.3, -0.25) is 0 Å². The standard InChI is InChI=1S/C6H16N2.C6H6O4/c7-5-3-1-2-4-6-8;7-5(8)3-1-2-4-6(9)10/h1-8H2;1-4H,(H,7,8)(H,9,10). The molecule has 0 bridgehead atoms. The Morgan fingerprint density at radius 3 is 1.33 bits per heavy atom. The van der Waals surface area contributed by atoms with E-state index in [2.05, 4.69) is 0 Å². The van der Waals surface area contributed by atoms with E-state index in [0.29, 0.717) is 0 Å². The average Bonchev–Trinajstić information content (AvgIpc) is 2.31. The maximum atomic E-state index is 9.78. The van der Waals surface area contributed by atoms with E-state index >= 15 is 0 Å². The van der Waals surface area contributed by atoms with Crippen molar-refractivity contribution in [3.8, 4) is 0 Å². The molecule has 0 aromatic rings. The highest BCUT2D eigenvalue weighted by molar-refractivity contribution is 5.82. The largest absolute Gasteiger partial charge is 0.478 e. The van der Waals surface area contributed by atoms with E-state index in [9.17, 15) is 9.59 Å². The molecule has 18 heavy (non-hydrogen) atoms. The molecule has 0 heterocycles. The summed E-state index contributed by atoms with van der Waals surface area (Å²) in [5.41, 5.74) is 10.6. The molecule has 0 atom stereocenters. The van der Waals surface area contributed by atoms with E-state index in [4.69, 9.17) is 21.7 Å². The van der Waals surface area contributed by atoms with Gasteiger partial charge < -0.3 is 21.7 Å². The van der Waals surface area contributed by atoms with Crippen LogP contribution in [-0.2, 0) is 9.59 Å². The van der Waals surface area contributed by atoms with Crippen molar-refractivity contribution in [2.24, 2.45) is 11.5 Å². The van der Waals surface area contributed by atoms with Crippen LogP contribution in [0, 0.1) is 0 Å². The number of carbonyl (C=O) groups is 2. The van der Waals surface area contributed by atoms with Crippen molar-refractivity contribution in [3.63, 3.8) is 0 Å². The van der Waals surface area contributed by atoms with Gasteiger partial charge in [-0.1, -0.05) is 25.0 Å². The summed E-state index contributed by atoms with van der Waals surface area (Å²) in [6, 6.07) is 0. The number of unbranched alkanes of at least 4 members (excludes halogenated alkanes) is 3. The van der Waals surface area contributed by atoms with Crippen molar-refractivity contribution in [2.45, 2.75) is 25.7 Å². The quantitative estimate of drug-likeness (QED) is 0.289. The molecule has 0 fully saturated rings. The first kappa shape index (κ1) is 18.7. The van der Waals surface area contributed by atoms with Crippen LogP contribution in [0.1, 0.15) is 25.7 Å². The number of rotatable bonds is 8. The first-order valence-electron chi connectivity index (χ1n) is 5.75. The summed E-state index contributed by atoms with van der Waals surface area (Å²) in [4.78, 5) is 19.6. The van der Waals surface area contributed by atoms with Crippen LogP contribution in [0.25, 0.3) is 0 Å². The van der Waals surface area contributed by atoms with E-state index in [0.717, 1.165) is 50.2 Å². The molecule has 0 rings (SSSR count). The maximum absolute atomic E-state index is 9.78. The van der Waals surface area contributed by atoms with Gasteiger partial charge in [-0.25, -0.2) is 9.59 Å². The highest BCUT2D eigenvalue weighted by Crippen LogP contribution is 1.95. The summed E-state index contributed by atoms with van der Waals surface area (Å²) >= 11 is 0. The van der Waals surface area contributed by atoms with Crippen molar-refractivity contribution < 1.29 is 19.8 Å². The first-order chi connectivity index (χ1) is 8.54. The van der Waals surface area contributed by atoms with E-state index in [-0.39, 0.29) is 0 Å². The van der Waals surface area contributed by atoms with E-state index in [1.807, 2.05) is 0 Å². The Balaban J connectivity index is 0. The highest BCUT2D eigenvalue weighted by atomic mass is 16.4. The smallest absolute Gasteiger partial charge is 0.328 e. The van der Waals surface area contributed by atoms with Crippen LogP contribution in [0.15, 0.2) is 24.3 Å². The van der Waals surface area contributed by atoms with Crippen molar-refractivity contribution in [1.82, 2.24) is 0 Å². The van der Waals surface area contributed by atoms with Gasteiger partial charge in [0.2, 0.25) is 0 Å². The van der Waals surface area contributed by atoms with Crippen LogP contribution in [0.5, 0.6) is 0 Å². The van der Waals surface area contributed by atoms with Crippen molar-refractivity contribution in [2.75, 3.05) is 13.1 Å². The molecule has 0 amide bonds. The van der Waals surface area contributed by atoms with Crippen LogP contribution in [0.4, 0.5) is 0 Å². The number of carboxylic acid groups (broad SMARTS) is 2. The molecule has 0 aliphatic rings. The van der Waals surface area contributed by atoms with Crippen molar-refractivity contribution in [3.05, 3.63) is 24.3 Å². The van der Waals surface area contributed by atoms with Crippen LogP contribution < -0.4 is 11.5 Å². The zero-order chi connectivity index (χ0) is 14.2. The van der Waals surface area contributed by atoms with E-state index < -0.39 is 11.9 Å².